The van der Waals surface area contributed by atoms with Crippen LogP contribution in [0.4, 0.5) is 0 Å². The Balaban J connectivity index is 1.88. The Labute approximate surface area is 130 Å². The van der Waals surface area contributed by atoms with Gasteiger partial charge in [0, 0.05) is 23.2 Å². The molecule has 1 fully saturated rings. The number of ether oxygens (including phenoxy) is 2. The molecule has 20 heavy (non-hydrogen) atoms. The van der Waals surface area contributed by atoms with E-state index in [1.807, 2.05) is 0 Å². The maximum absolute atomic E-state index is 5.85. The van der Waals surface area contributed by atoms with E-state index in [-0.39, 0.29) is 11.6 Å². The van der Waals surface area contributed by atoms with Crippen LogP contribution in [-0.4, -0.2) is 24.9 Å². The summed E-state index contributed by atoms with van der Waals surface area (Å²) in [5.74, 6) is 0. The molecule has 1 atom stereocenters. The average molecular weight is 342 g/mol. The number of rotatable bonds is 5. The Kier molecular flexibility index (Phi) is 5.61. The van der Waals surface area contributed by atoms with Crippen molar-refractivity contribution in [1.29, 1.82) is 0 Å². The van der Waals surface area contributed by atoms with Gasteiger partial charge in [0.05, 0.1) is 19.3 Å². The molecule has 0 bridgehead atoms. The Morgan fingerprint density at radius 2 is 2.20 bits per heavy atom. The number of hydrogen-bond acceptors (Lipinski definition) is 3. The zero-order chi connectivity index (χ0) is 14.6. The van der Waals surface area contributed by atoms with Crippen LogP contribution in [0, 0.1) is 0 Å². The summed E-state index contributed by atoms with van der Waals surface area (Å²) in [7, 11) is 0. The van der Waals surface area contributed by atoms with Gasteiger partial charge in [-0.25, -0.2) is 0 Å². The third kappa shape index (κ3) is 5.17. The lowest BCUT2D eigenvalue weighted by molar-refractivity contribution is 0.0315. The van der Waals surface area contributed by atoms with Crippen molar-refractivity contribution in [3.05, 3.63) is 33.8 Å². The summed E-state index contributed by atoms with van der Waals surface area (Å²) < 4.78 is 12.3. The van der Waals surface area contributed by atoms with Crippen molar-refractivity contribution in [2.24, 2.45) is 0 Å². The fourth-order valence-electron chi connectivity index (χ4n) is 2.04. The molecule has 0 saturated carbocycles. The van der Waals surface area contributed by atoms with Crippen molar-refractivity contribution >= 4 is 15.9 Å². The van der Waals surface area contributed by atoms with E-state index >= 15 is 0 Å². The molecular formula is C16H24BrNO2. The lowest BCUT2D eigenvalue weighted by Crippen LogP contribution is -2.35. The molecule has 1 saturated heterocycles. The third-order valence-corrected chi connectivity index (χ3v) is 4.04. The van der Waals surface area contributed by atoms with E-state index < -0.39 is 0 Å². The van der Waals surface area contributed by atoms with E-state index in [0.29, 0.717) is 6.61 Å². The van der Waals surface area contributed by atoms with Gasteiger partial charge in [0.15, 0.2) is 0 Å². The largest absolute Gasteiger partial charge is 0.379 e. The second kappa shape index (κ2) is 7.03. The first kappa shape index (κ1) is 16.0. The van der Waals surface area contributed by atoms with Gasteiger partial charge in [-0.3, -0.25) is 0 Å². The van der Waals surface area contributed by atoms with Crippen LogP contribution in [0.1, 0.15) is 38.3 Å². The van der Waals surface area contributed by atoms with Crippen LogP contribution in [-0.2, 0) is 22.6 Å². The Bertz CT molecular complexity index is 437. The van der Waals surface area contributed by atoms with Crippen molar-refractivity contribution < 1.29 is 9.47 Å². The van der Waals surface area contributed by atoms with Crippen LogP contribution in [0.5, 0.6) is 0 Å². The number of halogens is 1. The third-order valence-electron chi connectivity index (χ3n) is 3.30. The van der Waals surface area contributed by atoms with Crippen LogP contribution in [0.2, 0.25) is 0 Å². The standard InChI is InChI=1S/C16H24BrNO2/c1-16(2,3)18-9-12-4-5-13(15(17)8-12)10-20-14-6-7-19-11-14/h4-5,8,14,18H,6-7,9-11H2,1-3H3. The monoisotopic (exact) mass is 341 g/mol. The van der Waals surface area contributed by atoms with Gasteiger partial charge < -0.3 is 14.8 Å². The van der Waals surface area contributed by atoms with Gasteiger partial charge in [0.1, 0.15) is 0 Å². The molecule has 1 unspecified atom stereocenters. The maximum atomic E-state index is 5.85. The molecule has 1 heterocycles. The quantitative estimate of drug-likeness (QED) is 0.886. The Hall–Kier alpha value is -0.420. The minimum Gasteiger partial charge on any atom is -0.379 e. The highest BCUT2D eigenvalue weighted by atomic mass is 79.9. The molecule has 0 amide bonds. The fraction of sp³-hybridized carbons (Fsp3) is 0.625. The van der Waals surface area contributed by atoms with E-state index in [1.54, 1.807) is 0 Å². The van der Waals surface area contributed by atoms with E-state index in [2.05, 4.69) is 60.2 Å². The molecule has 1 N–H and O–H groups in total. The van der Waals surface area contributed by atoms with Gasteiger partial charge in [-0.2, -0.15) is 0 Å². The van der Waals surface area contributed by atoms with Crippen LogP contribution < -0.4 is 5.32 Å². The van der Waals surface area contributed by atoms with E-state index in [4.69, 9.17) is 9.47 Å². The molecule has 0 aromatic heterocycles. The van der Waals surface area contributed by atoms with Crippen molar-refractivity contribution in [3.63, 3.8) is 0 Å². The second-order valence-corrected chi connectivity index (χ2v) is 7.18. The van der Waals surface area contributed by atoms with Crippen LogP contribution in [0.25, 0.3) is 0 Å². The molecule has 112 valence electrons. The first-order valence-corrected chi connectivity index (χ1v) is 7.95. The molecule has 1 aromatic rings. The summed E-state index contributed by atoms with van der Waals surface area (Å²) in [5, 5.41) is 3.49. The normalized spacial score (nSPS) is 19.5. The lowest BCUT2D eigenvalue weighted by Gasteiger charge is -2.21. The maximum Gasteiger partial charge on any atom is 0.0835 e. The number of nitrogens with one attached hydrogen (secondary N) is 1. The zero-order valence-electron chi connectivity index (χ0n) is 12.5. The lowest BCUT2D eigenvalue weighted by atomic mass is 10.1. The topological polar surface area (TPSA) is 30.5 Å². The molecular weight excluding hydrogens is 318 g/mol. The molecule has 0 spiro atoms. The van der Waals surface area contributed by atoms with Crippen molar-refractivity contribution in [2.45, 2.75) is 52.0 Å². The van der Waals surface area contributed by atoms with Crippen LogP contribution >= 0.6 is 15.9 Å². The highest BCUT2D eigenvalue weighted by molar-refractivity contribution is 9.10. The number of hydrogen-bond donors (Lipinski definition) is 1. The van der Waals surface area contributed by atoms with E-state index in [0.717, 1.165) is 30.7 Å². The molecule has 1 aromatic carbocycles. The second-order valence-electron chi connectivity index (χ2n) is 6.33. The zero-order valence-corrected chi connectivity index (χ0v) is 14.1. The van der Waals surface area contributed by atoms with E-state index in [1.165, 1.54) is 11.1 Å². The van der Waals surface area contributed by atoms with Gasteiger partial charge in [0.25, 0.3) is 0 Å². The predicted molar refractivity (Wildman–Crippen MR) is 84.7 cm³/mol. The minimum absolute atomic E-state index is 0.136. The Morgan fingerprint density at radius 1 is 1.40 bits per heavy atom. The molecule has 1 aliphatic heterocycles. The summed E-state index contributed by atoms with van der Waals surface area (Å²) in [6.07, 6.45) is 1.26. The SMILES string of the molecule is CC(C)(C)NCc1ccc(COC2CCOC2)c(Br)c1. The smallest absolute Gasteiger partial charge is 0.0835 e. The summed E-state index contributed by atoms with van der Waals surface area (Å²) in [6.45, 7) is 9.59. The minimum atomic E-state index is 0.136. The fourth-order valence-corrected chi connectivity index (χ4v) is 2.58. The summed E-state index contributed by atoms with van der Waals surface area (Å²) in [6, 6.07) is 6.47. The van der Waals surface area contributed by atoms with Crippen molar-refractivity contribution in [2.75, 3.05) is 13.2 Å². The molecule has 0 aliphatic carbocycles. The highest BCUT2D eigenvalue weighted by Gasteiger charge is 2.16. The van der Waals surface area contributed by atoms with Gasteiger partial charge in [-0.1, -0.05) is 28.1 Å². The molecule has 3 nitrogen and oxygen atoms in total. The average Bonchev–Trinajstić information content (AvgIpc) is 2.87. The summed E-state index contributed by atoms with van der Waals surface area (Å²) in [5.41, 5.74) is 2.60. The first-order chi connectivity index (χ1) is 9.44. The summed E-state index contributed by atoms with van der Waals surface area (Å²) >= 11 is 3.64. The molecule has 4 heteroatoms. The molecule has 0 radical (unpaired) electrons. The van der Waals surface area contributed by atoms with Gasteiger partial charge in [0.2, 0.25) is 0 Å². The van der Waals surface area contributed by atoms with Gasteiger partial charge in [-0.05, 0) is 44.4 Å². The molecule has 1 aliphatic rings. The van der Waals surface area contributed by atoms with E-state index in [9.17, 15) is 0 Å². The van der Waals surface area contributed by atoms with Gasteiger partial charge in [-0.15, -0.1) is 0 Å². The first-order valence-electron chi connectivity index (χ1n) is 7.16. The Morgan fingerprint density at radius 3 is 2.80 bits per heavy atom. The molecule has 2 rings (SSSR count). The van der Waals surface area contributed by atoms with Crippen LogP contribution in [0.3, 0.4) is 0 Å². The van der Waals surface area contributed by atoms with Crippen molar-refractivity contribution in [3.8, 4) is 0 Å². The van der Waals surface area contributed by atoms with Crippen LogP contribution in [0.15, 0.2) is 22.7 Å². The van der Waals surface area contributed by atoms with Crippen molar-refractivity contribution in [1.82, 2.24) is 5.32 Å². The summed E-state index contributed by atoms with van der Waals surface area (Å²) in [4.78, 5) is 0. The predicted octanol–water partition coefficient (Wildman–Crippen LogP) is 3.64. The van der Waals surface area contributed by atoms with Gasteiger partial charge >= 0.3 is 0 Å². The number of benzene rings is 1. The highest BCUT2D eigenvalue weighted by Crippen LogP contribution is 2.21.